The summed E-state index contributed by atoms with van der Waals surface area (Å²) < 4.78 is 9.13. The zero-order chi connectivity index (χ0) is 17.1. The second-order valence-electron chi connectivity index (χ2n) is 5.77. The molecule has 1 aromatic rings. The molecule has 1 aliphatic heterocycles. The number of amides is 3. The van der Waals surface area contributed by atoms with E-state index in [1.807, 2.05) is 0 Å². The minimum atomic E-state index is -0.441. The van der Waals surface area contributed by atoms with Gasteiger partial charge in [0.2, 0.25) is 5.84 Å². The average Bonchev–Trinajstić information content (AvgIpc) is 2.86. The number of nitrogens with zero attached hydrogens (tertiary/aromatic N) is 3. The van der Waals surface area contributed by atoms with Crippen LogP contribution in [0.15, 0.2) is 28.7 Å². The van der Waals surface area contributed by atoms with Gasteiger partial charge in [-0.15, -0.1) is 0 Å². The first-order chi connectivity index (χ1) is 11.7. The highest BCUT2D eigenvalue weighted by atomic mass is 35.7. The van der Waals surface area contributed by atoms with E-state index in [4.69, 9.17) is 15.4 Å². The predicted molar refractivity (Wildman–Crippen MR) is 95.5 cm³/mol. The molecular formula is C16H18ClN3O3S. The third-order valence-corrected chi connectivity index (χ3v) is 4.86. The van der Waals surface area contributed by atoms with E-state index in [-0.39, 0.29) is 17.9 Å². The van der Waals surface area contributed by atoms with Gasteiger partial charge in [-0.3, -0.25) is 9.69 Å². The molecule has 3 rings (SSSR count). The van der Waals surface area contributed by atoms with Crippen molar-refractivity contribution in [2.75, 3.05) is 12.0 Å². The monoisotopic (exact) mass is 367 g/mol. The number of carbonyl (C=O) groups is 2. The number of imide groups is 1. The average molecular weight is 368 g/mol. The van der Waals surface area contributed by atoms with Gasteiger partial charge in [0, 0.05) is 6.04 Å². The molecule has 3 amide bonds. The first-order valence-electron chi connectivity index (χ1n) is 7.85. The largest absolute Gasteiger partial charge is 0.497 e. The van der Waals surface area contributed by atoms with E-state index in [0.717, 1.165) is 37.0 Å². The van der Waals surface area contributed by atoms with Crippen molar-refractivity contribution in [3.8, 4) is 5.75 Å². The van der Waals surface area contributed by atoms with Crippen LogP contribution in [-0.2, 0) is 4.79 Å². The number of anilines is 1. The molecule has 1 aliphatic carbocycles. The van der Waals surface area contributed by atoms with Crippen LogP contribution in [-0.4, -0.2) is 35.8 Å². The third-order valence-electron chi connectivity index (χ3n) is 4.41. The fraction of sp³-hybridized carbons (Fsp3) is 0.438. The fourth-order valence-electron chi connectivity index (χ4n) is 3.23. The van der Waals surface area contributed by atoms with Crippen LogP contribution < -0.4 is 9.64 Å². The van der Waals surface area contributed by atoms with Crippen LogP contribution in [0.5, 0.6) is 5.75 Å². The lowest BCUT2D eigenvalue weighted by Crippen LogP contribution is -2.42. The molecule has 0 atom stereocenters. The Morgan fingerprint density at radius 3 is 2.42 bits per heavy atom. The number of halogens is 1. The first kappa shape index (κ1) is 17.1. The van der Waals surface area contributed by atoms with Gasteiger partial charge in [-0.05, 0) is 47.8 Å². The van der Waals surface area contributed by atoms with Crippen molar-refractivity contribution >= 4 is 45.3 Å². The highest BCUT2D eigenvalue weighted by Gasteiger charge is 2.46. The minimum Gasteiger partial charge on any atom is -0.497 e. The molecule has 2 fully saturated rings. The number of urea groups is 1. The maximum atomic E-state index is 12.9. The second kappa shape index (κ2) is 7.44. The van der Waals surface area contributed by atoms with E-state index >= 15 is 0 Å². The van der Waals surface area contributed by atoms with Gasteiger partial charge in [-0.25, -0.2) is 9.69 Å². The summed E-state index contributed by atoms with van der Waals surface area (Å²) in [6, 6.07) is 6.44. The van der Waals surface area contributed by atoms with Gasteiger partial charge < -0.3 is 4.74 Å². The molecule has 8 heteroatoms. The van der Waals surface area contributed by atoms with Crippen molar-refractivity contribution in [2.24, 2.45) is 4.40 Å². The highest BCUT2D eigenvalue weighted by Crippen LogP contribution is 2.31. The van der Waals surface area contributed by atoms with E-state index in [1.165, 1.54) is 4.90 Å². The van der Waals surface area contributed by atoms with Crippen LogP contribution in [0.1, 0.15) is 32.1 Å². The predicted octanol–water partition coefficient (Wildman–Crippen LogP) is 4.00. The molecule has 1 heterocycles. The van der Waals surface area contributed by atoms with E-state index in [2.05, 4.69) is 4.40 Å². The molecule has 6 nitrogen and oxygen atoms in total. The smallest absolute Gasteiger partial charge is 0.337 e. The molecule has 0 aromatic heterocycles. The maximum Gasteiger partial charge on any atom is 0.337 e. The van der Waals surface area contributed by atoms with Gasteiger partial charge in [0.15, 0.2) is 0 Å². The molecule has 0 radical (unpaired) electrons. The van der Waals surface area contributed by atoms with Crippen LogP contribution in [0.2, 0.25) is 0 Å². The van der Waals surface area contributed by atoms with Crippen LogP contribution in [0.3, 0.4) is 0 Å². The molecule has 1 saturated heterocycles. The number of amidine groups is 1. The number of hydrogen-bond donors (Lipinski definition) is 0. The summed E-state index contributed by atoms with van der Waals surface area (Å²) in [5.74, 6) is 0.332. The molecule has 128 valence electrons. The maximum absolute atomic E-state index is 12.9. The van der Waals surface area contributed by atoms with Crippen molar-refractivity contribution in [2.45, 2.75) is 38.1 Å². The summed E-state index contributed by atoms with van der Waals surface area (Å²) >= 11 is 0.675. The summed E-state index contributed by atoms with van der Waals surface area (Å²) in [6.07, 6.45) is 5.01. The van der Waals surface area contributed by atoms with Crippen LogP contribution in [0, 0.1) is 0 Å². The lowest BCUT2D eigenvalue weighted by atomic mass is 9.94. The number of rotatable bonds is 4. The molecule has 1 aromatic carbocycles. The summed E-state index contributed by atoms with van der Waals surface area (Å²) in [5.41, 5.74) is 0.497. The normalized spacial score (nSPS) is 21.0. The van der Waals surface area contributed by atoms with E-state index in [9.17, 15) is 9.59 Å². The zero-order valence-corrected chi connectivity index (χ0v) is 14.8. The van der Waals surface area contributed by atoms with Crippen LogP contribution in [0.4, 0.5) is 10.5 Å². The van der Waals surface area contributed by atoms with Gasteiger partial charge in [0.25, 0.3) is 0 Å². The Morgan fingerprint density at radius 2 is 1.83 bits per heavy atom. The van der Waals surface area contributed by atoms with Crippen molar-refractivity contribution in [3.63, 3.8) is 0 Å². The Morgan fingerprint density at radius 1 is 1.17 bits per heavy atom. The summed E-state index contributed by atoms with van der Waals surface area (Å²) in [5, 5.41) is 0. The van der Waals surface area contributed by atoms with E-state index in [0.29, 0.717) is 22.6 Å². The minimum absolute atomic E-state index is 0.000940. The SMILES string of the molecule is COc1ccc(N2C(=O)/C(=N/SCl)N(C3CCCCC3)C2=O)cc1. The first-order valence-corrected chi connectivity index (χ1v) is 9.44. The quantitative estimate of drug-likeness (QED) is 0.596. The molecule has 2 aliphatic rings. The molecule has 0 unspecified atom stereocenters. The number of methoxy groups -OCH3 is 1. The summed E-state index contributed by atoms with van der Waals surface area (Å²) in [4.78, 5) is 28.3. The molecule has 1 saturated carbocycles. The van der Waals surface area contributed by atoms with Gasteiger partial charge in [-0.2, -0.15) is 4.40 Å². The number of carbonyl (C=O) groups excluding carboxylic acids is 2. The fourth-order valence-corrected chi connectivity index (χ4v) is 3.66. The standard InChI is InChI=1S/C16H18ClN3O3S/c1-23-13-9-7-12(8-10-13)20-15(21)14(18-24-17)19(16(20)22)11-5-3-2-4-6-11/h7-11H,2-6H2,1H3/b18-14-. The zero-order valence-electron chi connectivity index (χ0n) is 13.3. The Hall–Kier alpha value is -1.73. The Balaban J connectivity index is 1.94. The molecule has 0 spiro atoms. The Bertz CT molecular complexity index is 659. The van der Waals surface area contributed by atoms with Crippen molar-refractivity contribution in [1.82, 2.24) is 4.90 Å². The molecule has 0 N–H and O–H groups in total. The number of benzene rings is 1. The summed E-state index contributed by atoms with van der Waals surface area (Å²) in [7, 11) is 7.20. The van der Waals surface area contributed by atoms with Crippen molar-refractivity contribution < 1.29 is 14.3 Å². The van der Waals surface area contributed by atoms with Gasteiger partial charge in [0.05, 0.1) is 24.0 Å². The lowest BCUT2D eigenvalue weighted by molar-refractivity contribution is -0.111. The third kappa shape index (κ3) is 3.10. The Labute approximate surface area is 149 Å². The number of ether oxygens (including phenoxy) is 1. The number of hydrogen-bond acceptors (Lipinski definition) is 5. The Kier molecular flexibility index (Phi) is 5.30. The van der Waals surface area contributed by atoms with Gasteiger partial charge >= 0.3 is 11.9 Å². The van der Waals surface area contributed by atoms with E-state index in [1.54, 1.807) is 31.4 Å². The van der Waals surface area contributed by atoms with Gasteiger partial charge in [-0.1, -0.05) is 19.3 Å². The highest BCUT2D eigenvalue weighted by molar-refractivity contribution is 8.20. The van der Waals surface area contributed by atoms with E-state index < -0.39 is 5.91 Å². The van der Waals surface area contributed by atoms with Crippen LogP contribution >= 0.6 is 21.8 Å². The van der Waals surface area contributed by atoms with Gasteiger partial charge in [0.1, 0.15) is 5.75 Å². The molecular weight excluding hydrogens is 350 g/mol. The van der Waals surface area contributed by atoms with Crippen LogP contribution in [0.25, 0.3) is 0 Å². The second-order valence-corrected chi connectivity index (χ2v) is 6.50. The lowest BCUT2D eigenvalue weighted by Gasteiger charge is -2.29. The van der Waals surface area contributed by atoms with Crippen molar-refractivity contribution in [1.29, 1.82) is 0 Å². The van der Waals surface area contributed by atoms with Crippen molar-refractivity contribution in [3.05, 3.63) is 24.3 Å². The molecule has 0 bridgehead atoms. The summed E-state index contributed by atoms with van der Waals surface area (Å²) in [6.45, 7) is 0. The topological polar surface area (TPSA) is 62.2 Å². The molecule has 24 heavy (non-hydrogen) atoms.